The summed E-state index contributed by atoms with van der Waals surface area (Å²) in [6, 6.07) is 20.2. The summed E-state index contributed by atoms with van der Waals surface area (Å²) in [5.74, 6) is -0.533. The van der Waals surface area contributed by atoms with Gasteiger partial charge in [-0.1, -0.05) is 41.9 Å². The molecular weight excluding hydrogens is 398 g/mol. The van der Waals surface area contributed by atoms with Gasteiger partial charge < -0.3 is 9.88 Å². The maximum absolute atomic E-state index is 13.2. The maximum atomic E-state index is 13.2. The topological polar surface area (TPSA) is 64.0 Å². The second kappa shape index (κ2) is 8.13. The Balaban J connectivity index is 1.78. The van der Waals surface area contributed by atoms with E-state index >= 15 is 0 Å². The first-order valence-electron chi connectivity index (χ1n) is 9.55. The van der Waals surface area contributed by atoms with Crippen LogP contribution in [0.2, 0.25) is 5.02 Å². The van der Waals surface area contributed by atoms with Gasteiger partial charge in [0.15, 0.2) is 5.69 Å². The van der Waals surface area contributed by atoms with Gasteiger partial charge in [0, 0.05) is 10.7 Å². The van der Waals surface area contributed by atoms with Crippen LogP contribution in [0.5, 0.6) is 0 Å². The van der Waals surface area contributed by atoms with Crippen LogP contribution >= 0.6 is 11.6 Å². The molecule has 0 fully saturated rings. The lowest BCUT2D eigenvalue weighted by Gasteiger charge is -2.13. The van der Waals surface area contributed by atoms with E-state index in [1.807, 2.05) is 62.4 Å². The summed E-state index contributed by atoms with van der Waals surface area (Å²) >= 11 is 6.10. The number of para-hydroxylation sites is 2. The maximum Gasteiger partial charge on any atom is 0.283 e. The Morgan fingerprint density at radius 1 is 1.00 bits per heavy atom. The molecule has 6 heteroatoms. The molecule has 0 aliphatic heterocycles. The molecule has 0 aliphatic carbocycles. The number of amides is 1. The number of fused-ring (bicyclic) bond motifs is 1. The molecule has 0 saturated carbocycles. The summed E-state index contributed by atoms with van der Waals surface area (Å²) in [5.41, 5.74) is 4.30. The molecular formula is C24H20ClN3O2. The van der Waals surface area contributed by atoms with Crippen LogP contribution in [-0.2, 0) is 6.54 Å². The molecule has 5 nitrogen and oxygen atoms in total. The van der Waals surface area contributed by atoms with E-state index in [9.17, 15) is 9.59 Å². The van der Waals surface area contributed by atoms with Gasteiger partial charge in [0.25, 0.3) is 11.5 Å². The van der Waals surface area contributed by atoms with Crippen LogP contribution < -0.4 is 10.9 Å². The Kier molecular flexibility index (Phi) is 5.38. The number of benzene rings is 3. The predicted octanol–water partition coefficient (Wildman–Crippen LogP) is 4.97. The van der Waals surface area contributed by atoms with Crippen LogP contribution in [0.3, 0.4) is 0 Å². The Hall–Kier alpha value is -3.44. The summed E-state index contributed by atoms with van der Waals surface area (Å²) in [6.45, 7) is 4.25. The molecule has 1 heterocycles. The molecule has 4 rings (SSSR count). The molecule has 1 N–H and O–H groups in total. The van der Waals surface area contributed by atoms with Gasteiger partial charge in [0.05, 0.1) is 17.6 Å². The Morgan fingerprint density at radius 2 is 1.80 bits per heavy atom. The lowest BCUT2D eigenvalue weighted by Crippen LogP contribution is -2.31. The van der Waals surface area contributed by atoms with E-state index in [1.165, 1.54) is 0 Å². The lowest BCUT2D eigenvalue weighted by molar-refractivity contribution is 0.102. The van der Waals surface area contributed by atoms with E-state index in [1.54, 1.807) is 22.8 Å². The highest BCUT2D eigenvalue weighted by Gasteiger charge is 2.18. The molecule has 0 unspecified atom stereocenters. The smallest absolute Gasteiger partial charge is 0.283 e. The minimum Gasteiger partial charge on any atom is -0.320 e. The predicted molar refractivity (Wildman–Crippen MR) is 120 cm³/mol. The second-order valence-electron chi connectivity index (χ2n) is 7.22. The number of anilines is 1. The third-order valence-electron chi connectivity index (χ3n) is 5.06. The normalized spacial score (nSPS) is 10.9. The quantitative estimate of drug-likeness (QED) is 0.510. The average molecular weight is 418 g/mol. The molecule has 4 aromatic rings. The Labute approximate surface area is 179 Å². The van der Waals surface area contributed by atoms with Crippen molar-refractivity contribution in [2.45, 2.75) is 20.4 Å². The van der Waals surface area contributed by atoms with Gasteiger partial charge in [-0.3, -0.25) is 9.59 Å². The van der Waals surface area contributed by atoms with E-state index in [2.05, 4.69) is 10.3 Å². The largest absolute Gasteiger partial charge is 0.320 e. The zero-order chi connectivity index (χ0) is 21.3. The fourth-order valence-electron chi connectivity index (χ4n) is 3.32. The third kappa shape index (κ3) is 3.98. The second-order valence-corrected chi connectivity index (χ2v) is 7.66. The van der Waals surface area contributed by atoms with Crippen molar-refractivity contribution < 1.29 is 4.79 Å². The van der Waals surface area contributed by atoms with Crippen molar-refractivity contribution in [2.75, 3.05) is 5.32 Å². The average Bonchev–Trinajstić information content (AvgIpc) is 2.72. The van der Waals surface area contributed by atoms with E-state index in [4.69, 9.17) is 11.6 Å². The molecule has 3 aromatic carbocycles. The summed E-state index contributed by atoms with van der Waals surface area (Å²) in [5, 5.41) is 3.39. The fourth-order valence-corrected chi connectivity index (χ4v) is 3.54. The molecule has 150 valence electrons. The number of carbonyl (C=O) groups is 1. The van der Waals surface area contributed by atoms with Gasteiger partial charge in [-0.25, -0.2) is 4.98 Å². The molecule has 0 bridgehead atoms. The van der Waals surface area contributed by atoms with E-state index < -0.39 is 11.5 Å². The number of halogens is 1. The standard InChI is InChI=1S/C24H20ClN3O2/c1-15-10-11-19(12-16(15)2)26-23(29)22-24(30)28(14-17-6-5-7-18(25)13-17)21-9-4-3-8-20(21)27-22/h3-13H,14H2,1-2H3,(H,26,29). The summed E-state index contributed by atoms with van der Waals surface area (Å²) < 4.78 is 1.56. The molecule has 1 aromatic heterocycles. The van der Waals surface area contributed by atoms with E-state index in [0.29, 0.717) is 21.7 Å². The fraction of sp³-hybridized carbons (Fsp3) is 0.125. The number of rotatable bonds is 4. The number of nitrogens with one attached hydrogen (secondary N) is 1. The van der Waals surface area contributed by atoms with Crippen LogP contribution in [0.4, 0.5) is 5.69 Å². The number of aryl methyl sites for hydroxylation is 2. The number of aromatic nitrogens is 2. The molecule has 0 saturated heterocycles. The minimum atomic E-state index is -0.533. The summed E-state index contributed by atoms with van der Waals surface area (Å²) in [4.78, 5) is 30.5. The SMILES string of the molecule is Cc1ccc(NC(=O)c2nc3ccccc3n(Cc3cccc(Cl)c3)c2=O)cc1C. The monoisotopic (exact) mass is 417 g/mol. The molecule has 0 radical (unpaired) electrons. The van der Waals surface area contributed by atoms with Crippen molar-refractivity contribution >= 4 is 34.2 Å². The number of carbonyl (C=O) groups excluding carboxylic acids is 1. The van der Waals surface area contributed by atoms with E-state index in [-0.39, 0.29) is 12.2 Å². The van der Waals surface area contributed by atoms with E-state index in [0.717, 1.165) is 16.7 Å². The van der Waals surface area contributed by atoms with Crippen molar-refractivity contribution in [1.29, 1.82) is 0 Å². The van der Waals surface area contributed by atoms with Crippen LogP contribution in [-0.4, -0.2) is 15.5 Å². The first-order valence-corrected chi connectivity index (χ1v) is 9.93. The van der Waals surface area contributed by atoms with Crippen LogP contribution in [0, 0.1) is 13.8 Å². The molecule has 1 amide bonds. The van der Waals surface area contributed by atoms with Crippen molar-refractivity contribution in [3.05, 3.63) is 104 Å². The molecule has 0 aliphatic rings. The van der Waals surface area contributed by atoms with Crippen molar-refractivity contribution in [3.8, 4) is 0 Å². The van der Waals surface area contributed by atoms with Gasteiger partial charge in [0.1, 0.15) is 0 Å². The van der Waals surface area contributed by atoms with Gasteiger partial charge in [-0.2, -0.15) is 0 Å². The highest BCUT2D eigenvalue weighted by molar-refractivity contribution is 6.30. The highest BCUT2D eigenvalue weighted by Crippen LogP contribution is 2.17. The third-order valence-corrected chi connectivity index (χ3v) is 5.30. The molecule has 30 heavy (non-hydrogen) atoms. The van der Waals surface area contributed by atoms with Crippen LogP contribution in [0.15, 0.2) is 71.5 Å². The van der Waals surface area contributed by atoms with Crippen molar-refractivity contribution in [2.24, 2.45) is 0 Å². The summed E-state index contributed by atoms with van der Waals surface area (Å²) in [7, 11) is 0. The van der Waals surface area contributed by atoms with Gasteiger partial charge >= 0.3 is 0 Å². The van der Waals surface area contributed by atoms with Gasteiger partial charge in [-0.05, 0) is 66.9 Å². The zero-order valence-electron chi connectivity index (χ0n) is 16.6. The number of hydrogen-bond donors (Lipinski definition) is 1. The summed E-state index contributed by atoms with van der Waals surface area (Å²) in [6.07, 6.45) is 0. The number of hydrogen-bond acceptors (Lipinski definition) is 3. The van der Waals surface area contributed by atoms with Gasteiger partial charge in [0.2, 0.25) is 0 Å². The lowest BCUT2D eigenvalue weighted by atomic mass is 10.1. The first-order chi connectivity index (χ1) is 14.4. The van der Waals surface area contributed by atoms with Crippen LogP contribution in [0.1, 0.15) is 27.2 Å². The van der Waals surface area contributed by atoms with Crippen molar-refractivity contribution in [3.63, 3.8) is 0 Å². The Morgan fingerprint density at radius 3 is 2.57 bits per heavy atom. The molecule has 0 spiro atoms. The Bertz CT molecular complexity index is 1330. The number of nitrogens with zero attached hydrogens (tertiary/aromatic N) is 2. The van der Waals surface area contributed by atoms with Crippen molar-refractivity contribution in [1.82, 2.24) is 9.55 Å². The van der Waals surface area contributed by atoms with Gasteiger partial charge in [-0.15, -0.1) is 0 Å². The highest BCUT2D eigenvalue weighted by atomic mass is 35.5. The minimum absolute atomic E-state index is 0.144. The first kappa shape index (κ1) is 19.9. The zero-order valence-corrected chi connectivity index (χ0v) is 17.4. The molecule has 0 atom stereocenters. The van der Waals surface area contributed by atoms with Crippen LogP contribution in [0.25, 0.3) is 11.0 Å².